The van der Waals surface area contributed by atoms with Crippen LogP contribution in [0.15, 0.2) is 51.7 Å². The van der Waals surface area contributed by atoms with E-state index in [0.29, 0.717) is 17.4 Å². The van der Waals surface area contributed by atoms with Gasteiger partial charge in [-0.25, -0.2) is 4.39 Å². The van der Waals surface area contributed by atoms with E-state index in [1.165, 1.54) is 12.6 Å². The zero-order valence-electron chi connectivity index (χ0n) is 21.0. The second kappa shape index (κ2) is 15.8. The van der Waals surface area contributed by atoms with E-state index < -0.39 is 0 Å². The summed E-state index contributed by atoms with van der Waals surface area (Å²) in [5.41, 5.74) is 2.86. The largest absolute Gasteiger partial charge is 0.374 e. The predicted octanol–water partition coefficient (Wildman–Crippen LogP) is 6.40. The lowest BCUT2D eigenvalue weighted by Gasteiger charge is -2.42. The molecule has 188 valence electrons. The van der Waals surface area contributed by atoms with Gasteiger partial charge >= 0.3 is 0 Å². The number of rotatable bonds is 17. The molecular weight excluding hydrogens is 447 g/mol. The molecule has 4 nitrogen and oxygen atoms in total. The van der Waals surface area contributed by atoms with Gasteiger partial charge in [-0.3, -0.25) is 9.98 Å². The lowest BCUT2D eigenvalue weighted by molar-refractivity contribution is 0.137. The SMILES string of the molecule is C=N/C=C(/Cl)C=NCCC(CCCCc1ccc(CC(=C)N2CC(CC)C2)c(F)c1)CCNC. The van der Waals surface area contributed by atoms with E-state index in [4.69, 9.17) is 11.6 Å². The average molecular weight is 489 g/mol. The lowest BCUT2D eigenvalue weighted by Crippen LogP contribution is -2.45. The summed E-state index contributed by atoms with van der Waals surface area (Å²) in [5.74, 6) is 1.28. The zero-order valence-corrected chi connectivity index (χ0v) is 21.8. The molecule has 1 saturated heterocycles. The molecule has 1 fully saturated rings. The quantitative estimate of drug-likeness (QED) is 0.203. The third-order valence-corrected chi connectivity index (χ3v) is 6.91. The van der Waals surface area contributed by atoms with Gasteiger partial charge in [0.2, 0.25) is 0 Å². The van der Waals surface area contributed by atoms with Crippen LogP contribution in [0.3, 0.4) is 0 Å². The number of likely N-dealkylation sites (tertiary alicyclic amines) is 1. The van der Waals surface area contributed by atoms with Crippen LogP contribution < -0.4 is 5.32 Å². The molecule has 0 aromatic heterocycles. The molecule has 1 aromatic carbocycles. The molecule has 0 spiro atoms. The molecule has 1 aliphatic heterocycles. The van der Waals surface area contributed by atoms with Crippen molar-refractivity contribution in [1.82, 2.24) is 10.2 Å². The summed E-state index contributed by atoms with van der Waals surface area (Å²) >= 11 is 5.95. The Hall–Kier alpha value is -1.98. The molecule has 34 heavy (non-hydrogen) atoms. The maximum atomic E-state index is 14.7. The third-order valence-electron chi connectivity index (χ3n) is 6.72. The van der Waals surface area contributed by atoms with E-state index >= 15 is 0 Å². The fourth-order valence-corrected chi connectivity index (χ4v) is 4.52. The molecule has 0 aliphatic carbocycles. The fraction of sp³-hybridized carbons (Fsp3) is 0.571. The second-order valence-corrected chi connectivity index (χ2v) is 9.81. The van der Waals surface area contributed by atoms with Gasteiger partial charge in [0.25, 0.3) is 0 Å². The highest BCUT2D eigenvalue weighted by atomic mass is 35.5. The van der Waals surface area contributed by atoms with Gasteiger partial charge in [0.1, 0.15) is 5.82 Å². The molecule has 1 unspecified atom stereocenters. The monoisotopic (exact) mass is 488 g/mol. The molecule has 0 bridgehead atoms. The van der Waals surface area contributed by atoms with Crippen molar-refractivity contribution in [3.8, 4) is 0 Å². The summed E-state index contributed by atoms with van der Waals surface area (Å²) < 4.78 is 14.7. The first-order chi connectivity index (χ1) is 16.5. The van der Waals surface area contributed by atoms with Crippen molar-refractivity contribution in [1.29, 1.82) is 0 Å². The minimum absolute atomic E-state index is 0.102. The minimum Gasteiger partial charge on any atom is -0.374 e. The van der Waals surface area contributed by atoms with Crippen LogP contribution in [0.2, 0.25) is 0 Å². The summed E-state index contributed by atoms with van der Waals surface area (Å²) in [4.78, 5) is 10.3. The standard InChI is InChI=1S/C28H42ClFN4/c1-5-23-20-34(21-23)22(2)16-26-11-10-25(17-28(26)30)9-7-6-8-24(12-14-31-3)13-15-33-19-27(29)18-32-4/h10-11,17-19,23-24,31H,2,4-9,12-16,20-21H2,1,3H3/b27-18+,33-19?. The van der Waals surface area contributed by atoms with Crippen molar-refractivity contribution in [3.63, 3.8) is 0 Å². The molecule has 1 N–H and O–H groups in total. The van der Waals surface area contributed by atoms with Gasteiger partial charge in [0.15, 0.2) is 0 Å². The van der Waals surface area contributed by atoms with Gasteiger partial charge in [-0.1, -0.05) is 50.1 Å². The van der Waals surface area contributed by atoms with Crippen molar-refractivity contribution in [2.75, 3.05) is 33.2 Å². The molecule has 1 aliphatic rings. The lowest BCUT2D eigenvalue weighted by atomic mass is 9.93. The molecule has 6 heteroatoms. The van der Waals surface area contributed by atoms with Crippen LogP contribution in [0.25, 0.3) is 0 Å². The summed E-state index contributed by atoms with van der Waals surface area (Å²) in [6, 6.07) is 5.75. The number of hydrogen-bond acceptors (Lipinski definition) is 4. The molecule has 1 aromatic rings. The first kappa shape index (κ1) is 28.3. The van der Waals surface area contributed by atoms with Gasteiger partial charge in [-0.2, -0.15) is 0 Å². The number of halogens is 2. The third kappa shape index (κ3) is 10.1. The number of unbranched alkanes of at least 4 members (excludes halogenated alkanes) is 1. The summed E-state index contributed by atoms with van der Waals surface area (Å²) in [6.45, 7) is 13.7. The first-order valence-corrected chi connectivity index (χ1v) is 13.0. The Morgan fingerprint density at radius 2 is 2.09 bits per heavy atom. The Labute approximate surface area is 211 Å². The van der Waals surface area contributed by atoms with Gasteiger partial charge in [0, 0.05) is 44.2 Å². The Kier molecular flexibility index (Phi) is 13.2. The summed E-state index contributed by atoms with van der Waals surface area (Å²) in [7, 11) is 1.99. The fourth-order valence-electron chi connectivity index (χ4n) is 4.38. The van der Waals surface area contributed by atoms with E-state index in [1.807, 2.05) is 13.1 Å². The zero-order chi connectivity index (χ0) is 24.8. The topological polar surface area (TPSA) is 40.0 Å². The van der Waals surface area contributed by atoms with Gasteiger partial charge in [-0.15, -0.1) is 0 Å². The van der Waals surface area contributed by atoms with Gasteiger partial charge < -0.3 is 10.2 Å². The number of aryl methyl sites for hydroxylation is 1. The summed E-state index contributed by atoms with van der Waals surface area (Å²) in [5, 5.41) is 3.74. The maximum Gasteiger partial charge on any atom is 0.127 e. The van der Waals surface area contributed by atoms with Crippen LogP contribution in [0, 0.1) is 17.7 Å². The van der Waals surface area contributed by atoms with Crippen LogP contribution >= 0.6 is 11.6 Å². The van der Waals surface area contributed by atoms with Crippen molar-refractivity contribution < 1.29 is 4.39 Å². The van der Waals surface area contributed by atoms with Crippen molar-refractivity contribution >= 4 is 24.5 Å². The second-order valence-electron chi connectivity index (χ2n) is 9.37. The van der Waals surface area contributed by atoms with Crippen LogP contribution in [0.1, 0.15) is 56.6 Å². The van der Waals surface area contributed by atoms with Gasteiger partial charge in [-0.05, 0) is 81.4 Å². The number of nitrogens with zero attached hydrogens (tertiary/aromatic N) is 3. The molecule has 0 saturated carbocycles. The minimum atomic E-state index is -0.102. The van der Waals surface area contributed by atoms with E-state index in [2.05, 4.69) is 46.5 Å². The number of nitrogens with one attached hydrogen (secondary N) is 1. The van der Waals surface area contributed by atoms with Crippen molar-refractivity contribution in [2.24, 2.45) is 21.8 Å². The Bertz CT molecular complexity index is 830. The molecule has 0 radical (unpaired) electrons. The Morgan fingerprint density at radius 3 is 2.76 bits per heavy atom. The van der Waals surface area contributed by atoms with Crippen molar-refractivity contribution in [3.05, 3.63) is 58.7 Å². The van der Waals surface area contributed by atoms with E-state index in [-0.39, 0.29) is 5.82 Å². The highest BCUT2D eigenvalue weighted by Gasteiger charge is 2.26. The van der Waals surface area contributed by atoms with Crippen LogP contribution in [-0.2, 0) is 12.8 Å². The van der Waals surface area contributed by atoms with Crippen molar-refractivity contribution in [2.45, 2.75) is 58.3 Å². The highest BCUT2D eigenvalue weighted by Crippen LogP contribution is 2.25. The highest BCUT2D eigenvalue weighted by molar-refractivity contribution is 6.39. The van der Waals surface area contributed by atoms with Crippen LogP contribution in [0.5, 0.6) is 0 Å². The van der Waals surface area contributed by atoms with Gasteiger partial charge in [0.05, 0.1) is 5.03 Å². The number of benzene rings is 1. The number of aliphatic imine (C=N–C) groups is 2. The van der Waals surface area contributed by atoms with E-state index in [9.17, 15) is 4.39 Å². The normalized spacial score (nSPS) is 15.5. The Balaban J connectivity index is 1.73. The summed E-state index contributed by atoms with van der Waals surface area (Å²) in [6.07, 6.45) is 11.4. The maximum absolute atomic E-state index is 14.7. The first-order valence-electron chi connectivity index (χ1n) is 12.6. The average Bonchev–Trinajstić information content (AvgIpc) is 2.78. The smallest absolute Gasteiger partial charge is 0.127 e. The van der Waals surface area contributed by atoms with Crippen LogP contribution in [0.4, 0.5) is 4.39 Å². The van der Waals surface area contributed by atoms with Crippen LogP contribution in [-0.4, -0.2) is 51.1 Å². The molecule has 1 atom stereocenters. The molecule has 0 amide bonds. The van der Waals surface area contributed by atoms with E-state index in [0.717, 1.165) is 87.4 Å². The van der Waals surface area contributed by atoms with E-state index in [1.54, 1.807) is 12.3 Å². The number of allylic oxidation sites excluding steroid dienone is 2. The Morgan fingerprint density at radius 1 is 1.29 bits per heavy atom. The molecule has 1 heterocycles. The molecule has 2 rings (SSSR count). The predicted molar refractivity (Wildman–Crippen MR) is 146 cm³/mol. The molecular formula is C28H42ClFN4. The number of hydrogen-bond donors (Lipinski definition) is 1.